The topological polar surface area (TPSA) is 124 Å². The number of carbonyl (C=O) groups excluding carboxylic acids is 1. The summed E-state index contributed by atoms with van der Waals surface area (Å²) < 4.78 is 29.4. The highest BCUT2D eigenvalue weighted by molar-refractivity contribution is 7.92. The summed E-state index contributed by atoms with van der Waals surface area (Å²) in [5.41, 5.74) is 1.33. The molecule has 1 fully saturated rings. The number of carbonyl (C=O) groups is 1. The first-order valence-electron chi connectivity index (χ1n) is 11.9. The largest absolute Gasteiger partial charge is 0.394 e. The van der Waals surface area contributed by atoms with Gasteiger partial charge in [-0.3, -0.25) is 9.79 Å². The molecule has 2 aliphatic rings. The van der Waals surface area contributed by atoms with Gasteiger partial charge in [0.15, 0.2) is 0 Å². The average Bonchev–Trinajstić information content (AvgIpc) is 3.44. The van der Waals surface area contributed by atoms with Gasteiger partial charge >= 0.3 is 0 Å². The van der Waals surface area contributed by atoms with Crippen molar-refractivity contribution in [2.45, 2.75) is 31.0 Å². The minimum Gasteiger partial charge on any atom is -0.394 e. The smallest absolute Gasteiger partial charge is 0.253 e. The Morgan fingerprint density at radius 1 is 1.14 bits per heavy atom. The number of amidine groups is 1. The lowest BCUT2D eigenvalue weighted by Crippen LogP contribution is -2.50. The number of hydrogen-bond acceptors (Lipinski definition) is 6. The van der Waals surface area contributed by atoms with Gasteiger partial charge in [-0.25, -0.2) is 8.42 Å². The zero-order valence-electron chi connectivity index (χ0n) is 19.9. The molecule has 1 spiro atoms. The molecule has 1 atom stereocenters. The maximum absolute atomic E-state index is 13.1. The number of aliphatic hydroxyl groups excluding tert-OH is 2. The Hall–Kier alpha value is -3.02. The van der Waals surface area contributed by atoms with E-state index < -0.39 is 21.7 Å². The van der Waals surface area contributed by atoms with Crippen molar-refractivity contribution in [1.29, 1.82) is 0 Å². The molecule has 194 valence electrons. The standard InChI is InChI=1S/C26H27ClN4O5S/c27-20-6-4-19(5-7-20)24-28-25(34)26(29-24)10-13-31(14-11-26)37(35,36)15-9-18-2-1-3-23-22(18)8-12-30(23)16-21(33)17-32/h1-9,12,15,21,32-33H,10-11,13-14,16-17H2,(H,28,29,34). The Morgan fingerprint density at radius 2 is 1.86 bits per heavy atom. The van der Waals surface area contributed by atoms with Crippen LogP contribution in [0.25, 0.3) is 17.0 Å². The van der Waals surface area contributed by atoms with E-state index in [9.17, 15) is 18.3 Å². The molecule has 3 N–H and O–H groups in total. The Balaban J connectivity index is 1.30. The Labute approximate surface area is 219 Å². The van der Waals surface area contributed by atoms with E-state index >= 15 is 0 Å². The second-order valence-electron chi connectivity index (χ2n) is 9.28. The summed E-state index contributed by atoms with van der Waals surface area (Å²) >= 11 is 5.95. The number of nitrogens with zero attached hydrogens (tertiary/aromatic N) is 3. The molecule has 1 amide bonds. The SMILES string of the molecule is O=C1NC(c2ccc(Cl)cc2)=NC12CCN(S(=O)(=O)C=Cc1cccc3c1ccn3CC(O)CO)CC2. The third-order valence-electron chi connectivity index (χ3n) is 6.89. The van der Waals surface area contributed by atoms with E-state index in [0.29, 0.717) is 10.9 Å². The fourth-order valence-electron chi connectivity index (χ4n) is 4.79. The number of rotatable bonds is 7. The van der Waals surface area contributed by atoms with Crippen molar-refractivity contribution in [2.75, 3.05) is 19.7 Å². The van der Waals surface area contributed by atoms with Crippen molar-refractivity contribution in [3.63, 3.8) is 0 Å². The van der Waals surface area contributed by atoms with Crippen LogP contribution in [0.3, 0.4) is 0 Å². The lowest BCUT2D eigenvalue weighted by Gasteiger charge is -2.34. The van der Waals surface area contributed by atoms with Gasteiger partial charge in [-0.15, -0.1) is 0 Å². The summed E-state index contributed by atoms with van der Waals surface area (Å²) in [5.74, 6) is 0.261. The van der Waals surface area contributed by atoms with E-state index in [1.54, 1.807) is 36.5 Å². The van der Waals surface area contributed by atoms with Crippen molar-refractivity contribution in [3.05, 3.63) is 76.3 Å². The number of benzene rings is 2. The molecule has 1 aromatic heterocycles. The van der Waals surface area contributed by atoms with E-state index in [-0.39, 0.29) is 45.0 Å². The molecule has 1 saturated heterocycles. The number of sulfonamides is 1. The van der Waals surface area contributed by atoms with E-state index in [1.807, 2.05) is 28.8 Å². The van der Waals surface area contributed by atoms with Gasteiger partial charge in [0, 0.05) is 46.2 Å². The number of piperidine rings is 1. The first-order valence-corrected chi connectivity index (χ1v) is 13.8. The zero-order valence-corrected chi connectivity index (χ0v) is 21.5. The van der Waals surface area contributed by atoms with Crippen molar-refractivity contribution in [2.24, 2.45) is 4.99 Å². The summed E-state index contributed by atoms with van der Waals surface area (Å²) in [6.45, 7) is 0.245. The summed E-state index contributed by atoms with van der Waals surface area (Å²) in [5, 5.41) is 24.4. The van der Waals surface area contributed by atoms with Gasteiger partial charge in [-0.1, -0.05) is 23.7 Å². The van der Waals surface area contributed by atoms with Crippen molar-refractivity contribution < 1.29 is 23.4 Å². The van der Waals surface area contributed by atoms with Gasteiger partial charge in [-0.2, -0.15) is 4.31 Å². The minimum absolute atomic E-state index is 0.178. The van der Waals surface area contributed by atoms with E-state index in [2.05, 4.69) is 10.3 Å². The molecule has 2 aliphatic heterocycles. The molecule has 0 radical (unpaired) electrons. The Kier molecular flexibility index (Phi) is 6.95. The Morgan fingerprint density at radius 3 is 2.57 bits per heavy atom. The summed E-state index contributed by atoms with van der Waals surface area (Å²) in [4.78, 5) is 17.5. The van der Waals surface area contributed by atoms with Crippen LogP contribution in [-0.2, 0) is 21.4 Å². The van der Waals surface area contributed by atoms with Crippen LogP contribution < -0.4 is 5.32 Å². The fourth-order valence-corrected chi connectivity index (χ4v) is 6.10. The second-order valence-corrected chi connectivity index (χ2v) is 11.5. The van der Waals surface area contributed by atoms with Gasteiger partial charge in [0.05, 0.1) is 19.3 Å². The van der Waals surface area contributed by atoms with Gasteiger partial charge in [-0.05, 0) is 60.9 Å². The van der Waals surface area contributed by atoms with Gasteiger partial charge in [0.25, 0.3) is 5.91 Å². The molecule has 5 rings (SSSR count). The fraction of sp³-hybridized carbons (Fsp3) is 0.308. The zero-order chi connectivity index (χ0) is 26.2. The number of nitrogens with one attached hydrogen (secondary N) is 1. The van der Waals surface area contributed by atoms with E-state index in [4.69, 9.17) is 16.7 Å². The number of fused-ring (bicyclic) bond motifs is 1. The Bertz CT molecular complexity index is 1490. The lowest BCUT2D eigenvalue weighted by molar-refractivity contribution is -0.124. The molecule has 0 saturated carbocycles. The molecular formula is C26H27ClN4O5S. The third-order valence-corrected chi connectivity index (χ3v) is 8.71. The first-order chi connectivity index (χ1) is 17.7. The van der Waals surface area contributed by atoms with Crippen LogP contribution in [0, 0.1) is 0 Å². The maximum atomic E-state index is 13.1. The number of amides is 1. The van der Waals surface area contributed by atoms with Crippen molar-refractivity contribution in [1.82, 2.24) is 14.2 Å². The predicted molar refractivity (Wildman–Crippen MR) is 143 cm³/mol. The van der Waals surface area contributed by atoms with Gasteiger partial charge < -0.3 is 20.1 Å². The second kappa shape index (κ2) is 10.0. The first kappa shape index (κ1) is 25.6. The van der Waals surface area contributed by atoms with Crippen LogP contribution in [0.1, 0.15) is 24.0 Å². The molecule has 37 heavy (non-hydrogen) atoms. The van der Waals surface area contributed by atoms with Crippen LogP contribution in [0.2, 0.25) is 5.02 Å². The molecule has 3 heterocycles. The highest BCUT2D eigenvalue weighted by Gasteiger charge is 2.47. The number of halogens is 1. The number of aliphatic imine (C=N–C) groups is 1. The molecule has 0 aliphatic carbocycles. The quantitative estimate of drug-likeness (QED) is 0.423. The number of hydrogen-bond donors (Lipinski definition) is 3. The predicted octanol–water partition coefficient (Wildman–Crippen LogP) is 2.36. The summed E-state index contributed by atoms with van der Waals surface area (Å²) in [6, 6.07) is 14.4. The monoisotopic (exact) mass is 542 g/mol. The highest BCUT2D eigenvalue weighted by atomic mass is 35.5. The van der Waals surface area contributed by atoms with Crippen LogP contribution >= 0.6 is 11.6 Å². The number of aromatic nitrogens is 1. The van der Waals surface area contributed by atoms with Gasteiger partial charge in [0.1, 0.15) is 11.4 Å². The molecule has 1 unspecified atom stereocenters. The number of aliphatic hydroxyl groups is 2. The lowest BCUT2D eigenvalue weighted by atomic mass is 9.89. The minimum atomic E-state index is -3.72. The third kappa shape index (κ3) is 5.07. The van der Waals surface area contributed by atoms with Crippen molar-refractivity contribution >= 4 is 50.3 Å². The van der Waals surface area contributed by atoms with Crippen LogP contribution in [0.4, 0.5) is 0 Å². The van der Waals surface area contributed by atoms with Crippen molar-refractivity contribution in [3.8, 4) is 0 Å². The van der Waals surface area contributed by atoms with E-state index in [0.717, 1.165) is 22.0 Å². The summed E-state index contributed by atoms with van der Waals surface area (Å²) in [7, 11) is -3.72. The highest BCUT2D eigenvalue weighted by Crippen LogP contribution is 2.32. The molecule has 3 aromatic rings. The molecule has 2 aromatic carbocycles. The van der Waals surface area contributed by atoms with Crippen LogP contribution in [0.5, 0.6) is 0 Å². The molecular weight excluding hydrogens is 516 g/mol. The summed E-state index contributed by atoms with van der Waals surface area (Å²) in [6.07, 6.45) is 3.05. The van der Waals surface area contributed by atoms with Crippen LogP contribution in [-0.4, -0.2) is 70.6 Å². The normalized spacial score (nSPS) is 19.0. The van der Waals surface area contributed by atoms with Crippen LogP contribution in [0.15, 0.2) is 65.1 Å². The molecule has 11 heteroatoms. The van der Waals surface area contributed by atoms with E-state index in [1.165, 1.54) is 9.71 Å². The maximum Gasteiger partial charge on any atom is 0.253 e. The van der Waals surface area contributed by atoms with Gasteiger partial charge in [0.2, 0.25) is 10.0 Å². The average molecular weight is 543 g/mol. The molecule has 0 bridgehead atoms. The molecule has 9 nitrogen and oxygen atoms in total.